The number of Topliss-reactive ketones (excluding diaryl/α,β-unsaturated/α-hetero) is 1. The number of aliphatic hydroxyl groups excluding tert-OH is 1. The van der Waals surface area contributed by atoms with Crippen molar-refractivity contribution < 1.29 is 23.8 Å². The maximum atomic E-state index is 13.2. The number of likely N-dealkylation sites (tertiary alicyclic amines) is 1. The van der Waals surface area contributed by atoms with E-state index in [2.05, 4.69) is 11.1 Å². The summed E-state index contributed by atoms with van der Waals surface area (Å²) in [7, 11) is 0. The van der Waals surface area contributed by atoms with E-state index < -0.39 is 17.7 Å². The number of amides is 1. The largest absolute Gasteiger partial charge is 0.507 e. The number of imidazole rings is 1. The van der Waals surface area contributed by atoms with Gasteiger partial charge in [0.2, 0.25) is 0 Å². The van der Waals surface area contributed by atoms with Gasteiger partial charge in [0, 0.05) is 31.0 Å². The van der Waals surface area contributed by atoms with Crippen LogP contribution in [0.15, 0.2) is 89.4 Å². The summed E-state index contributed by atoms with van der Waals surface area (Å²) < 4.78 is 13.6. The van der Waals surface area contributed by atoms with Crippen molar-refractivity contribution >= 4 is 17.4 Å². The van der Waals surface area contributed by atoms with Crippen molar-refractivity contribution in [3.05, 3.63) is 113 Å². The first kappa shape index (κ1) is 25.1. The molecular weight excluding hydrogens is 482 g/mol. The normalized spacial score (nSPS) is 16.8. The number of aliphatic hydroxyl groups is 1. The van der Waals surface area contributed by atoms with Gasteiger partial charge in [-0.15, -0.1) is 0 Å². The molecule has 0 radical (unpaired) electrons. The highest BCUT2D eigenvalue weighted by Gasteiger charge is 2.47. The molecule has 1 fully saturated rings. The van der Waals surface area contributed by atoms with Crippen LogP contribution in [0, 0.1) is 13.8 Å². The Bertz CT molecular complexity index is 1470. The number of furan rings is 1. The van der Waals surface area contributed by atoms with Crippen molar-refractivity contribution in [3.63, 3.8) is 0 Å². The van der Waals surface area contributed by atoms with E-state index in [4.69, 9.17) is 9.15 Å². The van der Waals surface area contributed by atoms with Gasteiger partial charge in [0.1, 0.15) is 35.7 Å². The molecule has 0 saturated carbocycles. The van der Waals surface area contributed by atoms with Crippen LogP contribution in [-0.2, 0) is 22.7 Å². The summed E-state index contributed by atoms with van der Waals surface area (Å²) in [6.07, 6.45) is 5.84. The van der Waals surface area contributed by atoms with E-state index in [1.807, 2.05) is 35.9 Å². The molecule has 4 aromatic rings. The van der Waals surface area contributed by atoms with Gasteiger partial charge in [0.15, 0.2) is 0 Å². The summed E-state index contributed by atoms with van der Waals surface area (Å²) in [6.45, 7) is 5.19. The standard InChI is InChI=1S/C30H29N3O5/c1-20-5-3-6-22(17-20)18-37-24-10-8-23(9-11-24)28(34)26-27(25-12-7-21(2)38-25)33(30(36)29(26)35)15-4-14-32-16-13-31-19-32/h3,5-13,16-17,19,27,34H,4,14-15,18H2,1-2H3/b28-26+. The molecule has 5 rings (SSSR count). The van der Waals surface area contributed by atoms with Crippen LogP contribution in [0.1, 0.15) is 40.7 Å². The summed E-state index contributed by atoms with van der Waals surface area (Å²) in [4.78, 5) is 31.8. The number of aromatic nitrogens is 2. The smallest absolute Gasteiger partial charge is 0.295 e. The molecule has 0 spiro atoms. The Morgan fingerprint density at radius 3 is 2.55 bits per heavy atom. The van der Waals surface area contributed by atoms with Crippen molar-refractivity contribution in [1.29, 1.82) is 0 Å². The van der Waals surface area contributed by atoms with Crippen LogP contribution in [0.4, 0.5) is 0 Å². The van der Waals surface area contributed by atoms with E-state index in [0.717, 1.165) is 11.1 Å². The minimum Gasteiger partial charge on any atom is -0.507 e. The third kappa shape index (κ3) is 5.25. The summed E-state index contributed by atoms with van der Waals surface area (Å²) in [5.74, 6) is 0.0763. The Kier molecular flexibility index (Phi) is 7.13. The first-order chi connectivity index (χ1) is 18.4. The van der Waals surface area contributed by atoms with E-state index in [0.29, 0.717) is 49.0 Å². The van der Waals surface area contributed by atoms with Gasteiger partial charge in [0.05, 0.1) is 11.9 Å². The lowest BCUT2D eigenvalue weighted by molar-refractivity contribution is -0.140. The number of carbonyl (C=O) groups excluding carboxylic acids is 2. The molecule has 3 heterocycles. The molecule has 38 heavy (non-hydrogen) atoms. The van der Waals surface area contributed by atoms with Crippen LogP contribution >= 0.6 is 0 Å². The molecule has 1 atom stereocenters. The molecule has 1 aliphatic rings. The Morgan fingerprint density at radius 1 is 1.05 bits per heavy atom. The first-order valence-corrected chi connectivity index (χ1v) is 12.5. The molecule has 1 N–H and O–H groups in total. The number of benzene rings is 2. The van der Waals surface area contributed by atoms with Crippen molar-refractivity contribution in [3.8, 4) is 5.75 Å². The van der Waals surface area contributed by atoms with E-state index >= 15 is 0 Å². The highest BCUT2D eigenvalue weighted by molar-refractivity contribution is 6.46. The van der Waals surface area contributed by atoms with Gasteiger partial charge in [-0.25, -0.2) is 4.98 Å². The second-order valence-electron chi connectivity index (χ2n) is 9.40. The number of carbonyl (C=O) groups is 2. The van der Waals surface area contributed by atoms with Crippen molar-refractivity contribution in [2.45, 2.75) is 39.5 Å². The second kappa shape index (κ2) is 10.8. The maximum absolute atomic E-state index is 13.2. The van der Waals surface area contributed by atoms with Gasteiger partial charge in [-0.3, -0.25) is 9.59 Å². The predicted octanol–water partition coefficient (Wildman–Crippen LogP) is 5.18. The zero-order chi connectivity index (χ0) is 26.6. The van der Waals surface area contributed by atoms with E-state index in [9.17, 15) is 14.7 Å². The zero-order valence-corrected chi connectivity index (χ0v) is 21.3. The van der Waals surface area contributed by atoms with Gasteiger partial charge in [-0.05, 0) is 62.2 Å². The Labute approximate surface area is 220 Å². The maximum Gasteiger partial charge on any atom is 0.295 e. The van der Waals surface area contributed by atoms with Crippen LogP contribution in [0.25, 0.3) is 5.76 Å². The topological polar surface area (TPSA) is 97.8 Å². The second-order valence-corrected chi connectivity index (χ2v) is 9.40. The number of ether oxygens (including phenoxy) is 1. The molecule has 2 aromatic heterocycles. The molecule has 8 nitrogen and oxygen atoms in total. The average molecular weight is 512 g/mol. The number of nitrogens with zero attached hydrogens (tertiary/aromatic N) is 3. The summed E-state index contributed by atoms with van der Waals surface area (Å²) in [5, 5.41) is 11.3. The minimum atomic E-state index is -0.816. The molecule has 8 heteroatoms. The van der Waals surface area contributed by atoms with Gasteiger partial charge in [-0.2, -0.15) is 0 Å². The fourth-order valence-electron chi connectivity index (χ4n) is 4.68. The van der Waals surface area contributed by atoms with E-state index in [1.54, 1.807) is 55.8 Å². The predicted molar refractivity (Wildman–Crippen MR) is 141 cm³/mol. The van der Waals surface area contributed by atoms with Crippen molar-refractivity contribution in [2.75, 3.05) is 6.54 Å². The lowest BCUT2D eigenvalue weighted by atomic mass is 9.99. The molecule has 2 aromatic carbocycles. The van der Waals surface area contributed by atoms with E-state index in [-0.39, 0.29) is 11.3 Å². The molecule has 0 bridgehead atoms. The Morgan fingerprint density at radius 2 is 1.87 bits per heavy atom. The van der Waals surface area contributed by atoms with Crippen molar-refractivity contribution in [2.24, 2.45) is 0 Å². The van der Waals surface area contributed by atoms with Crippen molar-refractivity contribution in [1.82, 2.24) is 14.5 Å². The lowest BCUT2D eigenvalue weighted by Gasteiger charge is -2.23. The third-order valence-electron chi connectivity index (χ3n) is 6.56. The average Bonchev–Trinajstić information content (AvgIpc) is 3.64. The van der Waals surface area contributed by atoms with Gasteiger partial charge in [0.25, 0.3) is 11.7 Å². The van der Waals surface area contributed by atoms with Crippen LogP contribution in [-0.4, -0.2) is 37.8 Å². The first-order valence-electron chi connectivity index (χ1n) is 12.5. The summed E-state index contributed by atoms with van der Waals surface area (Å²) >= 11 is 0. The Hall–Kier alpha value is -4.59. The zero-order valence-electron chi connectivity index (χ0n) is 21.3. The summed E-state index contributed by atoms with van der Waals surface area (Å²) in [6, 6.07) is 17.6. The molecular formula is C30H29N3O5. The molecule has 194 valence electrons. The summed E-state index contributed by atoms with van der Waals surface area (Å²) in [5.41, 5.74) is 2.64. The number of ketones is 1. The fourth-order valence-corrected chi connectivity index (χ4v) is 4.68. The number of hydrogen-bond acceptors (Lipinski definition) is 6. The van der Waals surface area contributed by atoms with Crippen LogP contribution in [0.5, 0.6) is 5.75 Å². The van der Waals surface area contributed by atoms with Crippen LogP contribution in [0.3, 0.4) is 0 Å². The SMILES string of the molecule is Cc1cccc(COc2ccc(/C(O)=C3\C(=O)C(=O)N(CCCn4ccnc4)C3c3ccc(C)o3)cc2)c1. The monoisotopic (exact) mass is 511 g/mol. The highest BCUT2D eigenvalue weighted by Crippen LogP contribution is 2.40. The van der Waals surface area contributed by atoms with E-state index in [1.165, 1.54) is 4.90 Å². The fraction of sp³-hybridized carbons (Fsp3) is 0.233. The molecule has 0 aliphatic carbocycles. The lowest BCUT2D eigenvalue weighted by Crippen LogP contribution is -2.31. The molecule has 1 saturated heterocycles. The third-order valence-corrected chi connectivity index (χ3v) is 6.56. The molecule has 1 unspecified atom stereocenters. The number of aryl methyl sites for hydroxylation is 3. The van der Waals surface area contributed by atoms with Crippen LogP contribution < -0.4 is 4.74 Å². The van der Waals surface area contributed by atoms with Gasteiger partial charge < -0.3 is 23.7 Å². The number of rotatable bonds is 9. The van der Waals surface area contributed by atoms with Crippen LogP contribution in [0.2, 0.25) is 0 Å². The van der Waals surface area contributed by atoms with Gasteiger partial charge in [-0.1, -0.05) is 29.8 Å². The molecule has 1 aliphatic heterocycles. The minimum absolute atomic E-state index is 0.0143. The highest BCUT2D eigenvalue weighted by atomic mass is 16.5. The van der Waals surface area contributed by atoms with Gasteiger partial charge >= 0.3 is 0 Å². The quantitative estimate of drug-likeness (QED) is 0.189. The Balaban J connectivity index is 1.39. The molecule has 1 amide bonds. The number of hydrogen-bond donors (Lipinski definition) is 1.